The minimum absolute atomic E-state index is 0.186. The zero-order valence-corrected chi connectivity index (χ0v) is 11.3. The van der Waals surface area contributed by atoms with Crippen LogP contribution in [0.4, 0.5) is 0 Å². The first kappa shape index (κ1) is 15.2. The fourth-order valence-corrected chi connectivity index (χ4v) is 1.48. The van der Waals surface area contributed by atoms with Crippen LogP contribution in [0.3, 0.4) is 0 Å². The zero-order chi connectivity index (χ0) is 14.3. The third-order valence-electron chi connectivity index (χ3n) is 2.48. The fourth-order valence-electron chi connectivity index (χ4n) is 1.48. The van der Waals surface area contributed by atoms with Gasteiger partial charge in [0.05, 0.1) is 6.10 Å². The van der Waals surface area contributed by atoms with E-state index in [9.17, 15) is 9.59 Å². The Bertz CT molecular complexity index is 444. The first-order valence-electron chi connectivity index (χ1n) is 6.39. The highest BCUT2D eigenvalue weighted by Gasteiger charge is 2.10. The molecule has 0 saturated heterocycles. The van der Waals surface area contributed by atoms with Crippen molar-refractivity contribution in [3.63, 3.8) is 0 Å². The lowest BCUT2D eigenvalue weighted by molar-refractivity contribution is 0.0924. The van der Waals surface area contributed by atoms with Crippen LogP contribution in [0.5, 0.6) is 0 Å². The smallest absolute Gasteiger partial charge is 0.251 e. The summed E-state index contributed by atoms with van der Waals surface area (Å²) in [6, 6.07) is 6.50. The molecule has 0 aliphatic rings. The molecule has 0 aliphatic heterocycles. The molecule has 1 atom stereocenters. The Morgan fingerprint density at radius 3 is 2.32 bits per heavy atom. The minimum atomic E-state index is -0.597. The largest absolute Gasteiger partial charge is 0.392 e. The predicted molar refractivity (Wildman–Crippen MR) is 73.1 cm³/mol. The molecule has 0 aliphatic carbocycles. The van der Waals surface area contributed by atoms with Gasteiger partial charge in [-0.1, -0.05) is 13.0 Å². The van der Waals surface area contributed by atoms with E-state index in [0.717, 1.165) is 6.42 Å². The second-order valence-corrected chi connectivity index (χ2v) is 4.40. The SMILES string of the molecule is CCCNC(=O)c1cccc(C(=O)NCC(C)O)c1. The van der Waals surface area contributed by atoms with Crippen LogP contribution in [0.15, 0.2) is 24.3 Å². The third-order valence-corrected chi connectivity index (χ3v) is 2.48. The van der Waals surface area contributed by atoms with E-state index >= 15 is 0 Å². The van der Waals surface area contributed by atoms with Gasteiger partial charge in [-0.25, -0.2) is 0 Å². The van der Waals surface area contributed by atoms with Crippen molar-refractivity contribution in [2.24, 2.45) is 0 Å². The fraction of sp³-hybridized carbons (Fsp3) is 0.429. The average Bonchev–Trinajstić information content (AvgIpc) is 2.42. The van der Waals surface area contributed by atoms with Crippen LogP contribution in [0.25, 0.3) is 0 Å². The molecule has 2 amide bonds. The van der Waals surface area contributed by atoms with Crippen molar-refractivity contribution in [1.29, 1.82) is 0 Å². The first-order chi connectivity index (χ1) is 9.04. The molecule has 5 nitrogen and oxygen atoms in total. The van der Waals surface area contributed by atoms with Gasteiger partial charge < -0.3 is 15.7 Å². The number of rotatable bonds is 6. The lowest BCUT2D eigenvalue weighted by atomic mass is 10.1. The van der Waals surface area contributed by atoms with Gasteiger partial charge in [-0.3, -0.25) is 9.59 Å². The van der Waals surface area contributed by atoms with Gasteiger partial charge in [0.15, 0.2) is 0 Å². The number of nitrogens with one attached hydrogen (secondary N) is 2. The molecule has 0 fully saturated rings. The number of amides is 2. The van der Waals surface area contributed by atoms with Crippen molar-refractivity contribution in [3.05, 3.63) is 35.4 Å². The van der Waals surface area contributed by atoms with Gasteiger partial charge in [-0.05, 0) is 31.5 Å². The Morgan fingerprint density at radius 1 is 1.21 bits per heavy atom. The molecular weight excluding hydrogens is 244 g/mol. The maximum Gasteiger partial charge on any atom is 0.251 e. The van der Waals surface area contributed by atoms with Gasteiger partial charge in [0.2, 0.25) is 0 Å². The summed E-state index contributed by atoms with van der Waals surface area (Å²) >= 11 is 0. The molecule has 0 saturated carbocycles. The van der Waals surface area contributed by atoms with Crippen molar-refractivity contribution in [2.75, 3.05) is 13.1 Å². The van der Waals surface area contributed by atoms with Crippen molar-refractivity contribution < 1.29 is 14.7 Å². The zero-order valence-electron chi connectivity index (χ0n) is 11.3. The summed E-state index contributed by atoms with van der Waals surface area (Å²) < 4.78 is 0. The number of hydrogen-bond acceptors (Lipinski definition) is 3. The summed E-state index contributed by atoms with van der Waals surface area (Å²) in [5, 5.41) is 14.5. The highest BCUT2D eigenvalue weighted by atomic mass is 16.3. The van der Waals surface area contributed by atoms with E-state index in [2.05, 4.69) is 10.6 Å². The summed E-state index contributed by atoms with van der Waals surface area (Å²) in [6.45, 7) is 4.36. The molecule has 1 aromatic rings. The van der Waals surface area contributed by atoms with E-state index in [4.69, 9.17) is 5.11 Å². The van der Waals surface area contributed by atoms with Gasteiger partial charge in [0.25, 0.3) is 11.8 Å². The Labute approximate surface area is 113 Å². The Kier molecular flexibility index (Phi) is 6.02. The average molecular weight is 264 g/mol. The van der Waals surface area contributed by atoms with Crippen LogP contribution < -0.4 is 10.6 Å². The van der Waals surface area contributed by atoms with Crippen LogP contribution in [-0.2, 0) is 0 Å². The van der Waals surface area contributed by atoms with Gasteiger partial charge in [0, 0.05) is 24.2 Å². The van der Waals surface area contributed by atoms with Gasteiger partial charge in [-0.2, -0.15) is 0 Å². The van der Waals surface area contributed by atoms with Crippen LogP contribution in [0.1, 0.15) is 41.0 Å². The molecule has 19 heavy (non-hydrogen) atoms. The van der Waals surface area contributed by atoms with Crippen LogP contribution in [-0.4, -0.2) is 36.1 Å². The maximum absolute atomic E-state index is 11.8. The van der Waals surface area contributed by atoms with Gasteiger partial charge in [-0.15, -0.1) is 0 Å². The minimum Gasteiger partial charge on any atom is -0.392 e. The van der Waals surface area contributed by atoms with E-state index in [1.165, 1.54) is 0 Å². The van der Waals surface area contributed by atoms with E-state index in [0.29, 0.717) is 17.7 Å². The second-order valence-electron chi connectivity index (χ2n) is 4.40. The normalized spacial score (nSPS) is 11.7. The van der Waals surface area contributed by atoms with E-state index < -0.39 is 6.10 Å². The Hall–Kier alpha value is -1.88. The molecule has 1 unspecified atom stereocenters. The van der Waals surface area contributed by atoms with E-state index in [-0.39, 0.29) is 18.4 Å². The molecule has 104 valence electrons. The lowest BCUT2D eigenvalue weighted by Crippen LogP contribution is -2.31. The van der Waals surface area contributed by atoms with Gasteiger partial charge in [0.1, 0.15) is 0 Å². The molecule has 5 heteroatoms. The summed E-state index contributed by atoms with van der Waals surface area (Å²) in [4.78, 5) is 23.5. The number of carbonyl (C=O) groups is 2. The van der Waals surface area contributed by atoms with Crippen molar-refractivity contribution in [2.45, 2.75) is 26.4 Å². The van der Waals surface area contributed by atoms with E-state index in [1.807, 2.05) is 6.92 Å². The molecular formula is C14H20N2O3. The monoisotopic (exact) mass is 264 g/mol. The Balaban J connectivity index is 2.71. The highest BCUT2D eigenvalue weighted by molar-refractivity contribution is 5.99. The molecule has 0 radical (unpaired) electrons. The number of aliphatic hydroxyl groups excluding tert-OH is 1. The summed E-state index contributed by atoms with van der Waals surface area (Å²) in [5.41, 5.74) is 0.864. The first-order valence-corrected chi connectivity index (χ1v) is 6.39. The van der Waals surface area contributed by atoms with Crippen molar-refractivity contribution in [3.8, 4) is 0 Å². The second kappa shape index (κ2) is 7.53. The quantitative estimate of drug-likeness (QED) is 0.715. The third kappa shape index (κ3) is 5.09. The molecule has 0 bridgehead atoms. The van der Waals surface area contributed by atoms with Crippen LogP contribution in [0.2, 0.25) is 0 Å². The molecule has 3 N–H and O–H groups in total. The molecule has 0 spiro atoms. The Morgan fingerprint density at radius 2 is 1.79 bits per heavy atom. The lowest BCUT2D eigenvalue weighted by Gasteiger charge is -2.08. The van der Waals surface area contributed by atoms with Crippen LogP contribution in [0, 0.1) is 0 Å². The van der Waals surface area contributed by atoms with Crippen molar-refractivity contribution >= 4 is 11.8 Å². The highest BCUT2D eigenvalue weighted by Crippen LogP contribution is 2.05. The topological polar surface area (TPSA) is 78.4 Å². The molecule has 1 aromatic carbocycles. The van der Waals surface area contributed by atoms with Crippen molar-refractivity contribution in [1.82, 2.24) is 10.6 Å². The molecule has 0 heterocycles. The molecule has 1 rings (SSSR count). The summed E-state index contributed by atoms with van der Waals surface area (Å²) in [7, 11) is 0. The number of aliphatic hydroxyl groups is 1. The number of benzene rings is 1. The van der Waals surface area contributed by atoms with E-state index in [1.54, 1.807) is 31.2 Å². The summed E-state index contributed by atoms with van der Waals surface area (Å²) in [5.74, 6) is -0.488. The van der Waals surface area contributed by atoms with Crippen LogP contribution >= 0.6 is 0 Å². The standard InChI is InChI=1S/C14H20N2O3/c1-3-7-15-13(18)11-5-4-6-12(8-11)14(19)16-9-10(2)17/h4-6,8,10,17H,3,7,9H2,1-2H3,(H,15,18)(H,16,19). The maximum atomic E-state index is 11.8. The summed E-state index contributed by atoms with van der Waals surface area (Å²) in [6.07, 6.45) is 0.264. The molecule has 0 aromatic heterocycles. The number of carbonyl (C=O) groups excluding carboxylic acids is 2. The number of hydrogen-bond donors (Lipinski definition) is 3. The van der Waals surface area contributed by atoms with Gasteiger partial charge >= 0.3 is 0 Å². The predicted octanol–water partition coefficient (Wildman–Crippen LogP) is 0.937.